The molecule has 0 radical (unpaired) electrons. The number of aromatic nitrogens is 4. The van der Waals surface area contributed by atoms with Gasteiger partial charge in [0.15, 0.2) is 5.65 Å². The smallest absolute Gasteiger partial charge is 0.327 e. The van der Waals surface area contributed by atoms with E-state index in [9.17, 15) is 9.59 Å². The Morgan fingerprint density at radius 2 is 2.17 bits per heavy atom. The van der Waals surface area contributed by atoms with Gasteiger partial charge in [0.2, 0.25) is 0 Å². The van der Waals surface area contributed by atoms with Crippen LogP contribution in [0.3, 0.4) is 0 Å². The summed E-state index contributed by atoms with van der Waals surface area (Å²) in [6.07, 6.45) is 1.50. The number of rotatable bonds is 1. The first kappa shape index (κ1) is 12.3. The van der Waals surface area contributed by atoms with Crippen LogP contribution in [0.4, 0.5) is 4.79 Å². The Labute approximate surface area is 104 Å². The molecule has 1 amide bonds. The zero-order valence-electron chi connectivity index (χ0n) is 10.8. The van der Waals surface area contributed by atoms with Crippen molar-refractivity contribution in [3.8, 4) is 0 Å². The Hall–Kier alpha value is -2.18. The Morgan fingerprint density at radius 1 is 1.50 bits per heavy atom. The van der Waals surface area contributed by atoms with Crippen LogP contribution < -0.4 is 5.69 Å². The summed E-state index contributed by atoms with van der Waals surface area (Å²) in [5.41, 5.74) is 0.485. The molecule has 0 saturated heterocycles. The van der Waals surface area contributed by atoms with E-state index >= 15 is 0 Å². The van der Waals surface area contributed by atoms with Crippen LogP contribution in [0.1, 0.15) is 12.7 Å². The second-order valence-electron chi connectivity index (χ2n) is 4.10. The van der Waals surface area contributed by atoms with Gasteiger partial charge in [-0.2, -0.15) is 0 Å². The van der Waals surface area contributed by atoms with Gasteiger partial charge in [0, 0.05) is 20.6 Å². The van der Waals surface area contributed by atoms with E-state index in [1.807, 2.05) is 6.92 Å². The van der Waals surface area contributed by atoms with Gasteiger partial charge in [-0.15, -0.1) is 0 Å². The van der Waals surface area contributed by atoms with Gasteiger partial charge in [-0.1, -0.05) is 0 Å². The van der Waals surface area contributed by atoms with Crippen molar-refractivity contribution in [3.63, 3.8) is 0 Å². The molecule has 0 fully saturated rings. The first-order valence-electron chi connectivity index (χ1n) is 5.64. The summed E-state index contributed by atoms with van der Waals surface area (Å²) in [5.74, 6) is 0.562. The summed E-state index contributed by atoms with van der Waals surface area (Å²) in [5, 5.41) is 0. The van der Waals surface area contributed by atoms with Crippen molar-refractivity contribution in [1.29, 1.82) is 0 Å². The van der Waals surface area contributed by atoms with E-state index in [2.05, 4.69) is 9.97 Å². The third-order valence-electron chi connectivity index (χ3n) is 2.90. The molecule has 0 spiro atoms. The zero-order chi connectivity index (χ0) is 13.4. The molecule has 7 heteroatoms. The number of aryl methyl sites for hydroxylation is 2. The van der Waals surface area contributed by atoms with Crippen LogP contribution in [0, 0.1) is 6.92 Å². The molecular formula is C11H15N5O2. The van der Waals surface area contributed by atoms with Crippen LogP contribution in [0.5, 0.6) is 0 Å². The van der Waals surface area contributed by atoms with Crippen molar-refractivity contribution in [3.05, 3.63) is 22.5 Å². The molecule has 0 aliphatic rings. The van der Waals surface area contributed by atoms with Crippen LogP contribution in [0.25, 0.3) is 11.2 Å². The van der Waals surface area contributed by atoms with Gasteiger partial charge in [-0.3, -0.25) is 4.57 Å². The molecule has 2 heterocycles. The molecule has 0 aliphatic carbocycles. The average molecular weight is 249 g/mol. The highest BCUT2D eigenvalue weighted by Crippen LogP contribution is 2.09. The van der Waals surface area contributed by atoms with Gasteiger partial charge in [-0.25, -0.2) is 24.1 Å². The lowest BCUT2D eigenvalue weighted by molar-refractivity contribution is 0.212. The van der Waals surface area contributed by atoms with E-state index in [0.717, 1.165) is 4.57 Å². The normalized spacial score (nSPS) is 10.9. The second kappa shape index (κ2) is 4.25. The number of carbonyl (C=O) groups excluding carboxylic acids is 1. The maximum atomic E-state index is 12.1. The molecule has 2 rings (SSSR count). The SMILES string of the molecule is CCN(C)C(=O)n1c(=O)n(C)c2nc(C)ncc21. The van der Waals surface area contributed by atoms with Gasteiger partial charge in [0.05, 0.1) is 6.20 Å². The standard InChI is InChI=1S/C11H15N5O2/c1-5-14(3)10(17)16-8-6-12-7(2)13-9(8)15(4)11(16)18/h6H,5H2,1-4H3. The Balaban J connectivity index is 2.76. The molecule has 0 saturated carbocycles. The lowest BCUT2D eigenvalue weighted by Gasteiger charge is -2.13. The molecule has 7 nitrogen and oxygen atoms in total. The van der Waals surface area contributed by atoms with Gasteiger partial charge in [0.1, 0.15) is 11.3 Å². The fraction of sp³-hybridized carbons (Fsp3) is 0.455. The van der Waals surface area contributed by atoms with E-state index in [1.54, 1.807) is 21.0 Å². The highest BCUT2D eigenvalue weighted by molar-refractivity contribution is 5.87. The van der Waals surface area contributed by atoms with Crippen molar-refractivity contribution in [2.45, 2.75) is 13.8 Å². The van der Waals surface area contributed by atoms with Crippen LogP contribution >= 0.6 is 0 Å². The maximum absolute atomic E-state index is 12.1. The van der Waals surface area contributed by atoms with Crippen molar-refractivity contribution < 1.29 is 4.79 Å². The number of hydrogen-bond acceptors (Lipinski definition) is 4. The van der Waals surface area contributed by atoms with Crippen LogP contribution in [0.2, 0.25) is 0 Å². The minimum Gasteiger partial charge on any atom is -0.327 e. The molecule has 0 aromatic carbocycles. The summed E-state index contributed by atoms with van der Waals surface area (Å²) in [4.78, 5) is 33.9. The van der Waals surface area contributed by atoms with Crippen molar-refractivity contribution in [2.75, 3.05) is 13.6 Å². The topological polar surface area (TPSA) is 73.0 Å². The minimum atomic E-state index is -0.407. The Morgan fingerprint density at radius 3 is 2.78 bits per heavy atom. The second-order valence-corrected chi connectivity index (χ2v) is 4.10. The van der Waals surface area contributed by atoms with E-state index < -0.39 is 5.69 Å². The fourth-order valence-electron chi connectivity index (χ4n) is 1.69. The van der Waals surface area contributed by atoms with Crippen LogP contribution in [-0.4, -0.2) is 43.6 Å². The molecule has 96 valence electrons. The number of nitrogens with zero attached hydrogens (tertiary/aromatic N) is 5. The first-order valence-corrected chi connectivity index (χ1v) is 5.64. The van der Waals surface area contributed by atoms with Gasteiger partial charge < -0.3 is 4.90 Å². The largest absolute Gasteiger partial charge is 0.338 e. The summed E-state index contributed by atoms with van der Waals surface area (Å²) in [7, 11) is 3.23. The van der Waals surface area contributed by atoms with E-state index in [1.165, 1.54) is 15.7 Å². The summed E-state index contributed by atoms with van der Waals surface area (Å²) >= 11 is 0. The molecular weight excluding hydrogens is 234 g/mol. The predicted molar refractivity (Wildman–Crippen MR) is 66.6 cm³/mol. The fourth-order valence-corrected chi connectivity index (χ4v) is 1.69. The maximum Gasteiger partial charge on any atom is 0.338 e. The molecule has 2 aromatic rings. The van der Waals surface area contributed by atoms with Gasteiger partial charge in [0.25, 0.3) is 0 Å². The predicted octanol–water partition coefficient (Wildman–Crippen LogP) is 0.358. The Kier molecular flexibility index (Phi) is 2.90. The van der Waals surface area contributed by atoms with E-state index in [0.29, 0.717) is 23.5 Å². The number of hydrogen-bond donors (Lipinski definition) is 0. The molecule has 0 aliphatic heterocycles. The van der Waals surface area contributed by atoms with Gasteiger partial charge in [-0.05, 0) is 13.8 Å². The average Bonchev–Trinajstić information content (AvgIpc) is 2.60. The lowest BCUT2D eigenvalue weighted by atomic mass is 10.5. The van der Waals surface area contributed by atoms with Crippen LogP contribution in [-0.2, 0) is 7.05 Å². The monoisotopic (exact) mass is 249 g/mol. The highest BCUT2D eigenvalue weighted by atomic mass is 16.2. The molecule has 0 bridgehead atoms. The summed E-state index contributed by atoms with van der Waals surface area (Å²) in [6.45, 7) is 4.10. The van der Waals surface area contributed by atoms with Crippen molar-refractivity contribution in [1.82, 2.24) is 24.0 Å². The molecule has 0 N–H and O–H groups in total. The zero-order valence-corrected chi connectivity index (χ0v) is 10.8. The summed E-state index contributed by atoms with van der Waals surface area (Å²) in [6, 6.07) is -0.374. The number of imidazole rings is 1. The van der Waals surface area contributed by atoms with Crippen molar-refractivity contribution in [2.24, 2.45) is 7.05 Å². The quantitative estimate of drug-likeness (QED) is 0.731. The van der Waals surface area contributed by atoms with E-state index in [-0.39, 0.29) is 6.03 Å². The number of carbonyl (C=O) groups is 1. The third kappa shape index (κ3) is 1.68. The lowest BCUT2D eigenvalue weighted by Crippen LogP contribution is -2.37. The summed E-state index contributed by atoms with van der Waals surface area (Å²) < 4.78 is 2.45. The van der Waals surface area contributed by atoms with Gasteiger partial charge >= 0.3 is 11.7 Å². The molecule has 2 aromatic heterocycles. The first-order chi connectivity index (χ1) is 8.47. The number of fused-ring (bicyclic) bond motifs is 1. The minimum absolute atomic E-state index is 0.374. The molecule has 0 unspecified atom stereocenters. The number of amides is 1. The van der Waals surface area contributed by atoms with E-state index in [4.69, 9.17) is 0 Å². The molecule has 18 heavy (non-hydrogen) atoms. The third-order valence-corrected chi connectivity index (χ3v) is 2.90. The van der Waals surface area contributed by atoms with Crippen molar-refractivity contribution >= 4 is 17.2 Å². The highest BCUT2D eigenvalue weighted by Gasteiger charge is 2.20. The Bertz CT molecular complexity index is 670. The molecule has 0 atom stereocenters. The van der Waals surface area contributed by atoms with Crippen LogP contribution in [0.15, 0.2) is 11.0 Å².